The quantitative estimate of drug-likeness (QED) is 0.843. The van der Waals surface area contributed by atoms with E-state index in [-0.39, 0.29) is 29.4 Å². The highest BCUT2D eigenvalue weighted by Crippen LogP contribution is 2.30. The largest absolute Gasteiger partial charge is 0.448 e. The first kappa shape index (κ1) is 20.2. The molecular weight excluding hydrogens is 366 g/mol. The second kappa shape index (κ2) is 7.26. The Balaban J connectivity index is 0.00000225. The maximum atomic E-state index is 12.8. The number of furan rings is 1. The van der Waals surface area contributed by atoms with E-state index in [4.69, 9.17) is 4.42 Å². The standard InChI is InChI=1S/C16H25N3O4S.ClH/c1-10-14(9-15(23-10)24(21,22)18(2)3)16(20)19(4)13-7-11-5-6-12(8-13)17-11;/h9,11-13,17H,5-8H2,1-4H3;1H. The Bertz CT molecular complexity index is 735. The average Bonchev–Trinajstić information content (AvgIpc) is 3.08. The van der Waals surface area contributed by atoms with Crippen LogP contribution in [0.1, 0.15) is 41.8 Å². The third-order valence-corrected chi connectivity index (χ3v) is 6.85. The third kappa shape index (κ3) is 3.72. The van der Waals surface area contributed by atoms with E-state index < -0.39 is 10.0 Å². The fraction of sp³-hybridized carbons (Fsp3) is 0.688. The van der Waals surface area contributed by atoms with Crippen molar-refractivity contribution in [3.63, 3.8) is 0 Å². The molecule has 0 saturated carbocycles. The van der Waals surface area contributed by atoms with Gasteiger partial charge in [-0.15, -0.1) is 12.4 Å². The van der Waals surface area contributed by atoms with Crippen molar-refractivity contribution in [2.24, 2.45) is 0 Å². The molecule has 2 unspecified atom stereocenters. The summed E-state index contributed by atoms with van der Waals surface area (Å²) in [7, 11) is 0.984. The number of nitrogens with one attached hydrogen (secondary N) is 1. The smallest absolute Gasteiger partial charge is 0.275 e. The monoisotopic (exact) mass is 391 g/mol. The van der Waals surface area contributed by atoms with E-state index in [1.807, 2.05) is 0 Å². The first-order chi connectivity index (χ1) is 11.2. The number of halogens is 1. The molecule has 2 atom stereocenters. The zero-order valence-corrected chi connectivity index (χ0v) is 16.6. The number of fused-ring (bicyclic) bond motifs is 2. The second-order valence-electron chi connectivity index (χ2n) is 7.00. The molecule has 0 aromatic carbocycles. The van der Waals surface area contributed by atoms with Gasteiger partial charge < -0.3 is 14.6 Å². The summed E-state index contributed by atoms with van der Waals surface area (Å²) in [5.41, 5.74) is 0.323. The number of hydrogen-bond acceptors (Lipinski definition) is 5. The van der Waals surface area contributed by atoms with Gasteiger partial charge in [0.15, 0.2) is 0 Å². The van der Waals surface area contributed by atoms with E-state index in [0.29, 0.717) is 23.4 Å². The van der Waals surface area contributed by atoms with Crippen LogP contribution in [0.3, 0.4) is 0 Å². The number of amides is 1. The Morgan fingerprint density at radius 3 is 2.28 bits per heavy atom. The first-order valence-electron chi connectivity index (χ1n) is 8.26. The van der Waals surface area contributed by atoms with Gasteiger partial charge in [-0.2, -0.15) is 0 Å². The molecule has 1 aromatic heterocycles. The van der Waals surface area contributed by atoms with Crippen molar-refractivity contribution in [3.05, 3.63) is 17.4 Å². The van der Waals surface area contributed by atoms with Crippen LogP contribution < -0.4 is 5.32 Å². The van der Waals surface area contributed by atoms with Gasteiger partial charge in [0.1, 0.15) is 5.76 Å². The molecule has 1 amide bonds. The summed E-state index contributed by atoms with van der Waals surface area (Å²) in [6.07, 6.45) is 4.22. The van der Waals surface area contributed by atoms with Crippen molar-refractivity contribution >= 4 is 28.3 Å². The molecule has 2 bridgehead atoms. The van der Waals surface area contributed by atoms with Gasteiger partial charge in [0, 0.05) is 45.3 Å². The maximum Gasteiger partial charge on any atom is 0.275 e. The number of rotatable bonds is 4. The van der Waals surface area contributed by atoms with Crippen LogP contribution in [0, 0.1) is 6.92 Å². The zero-order valence-electron chi connectivity index (χ0n) is 15.0. The lowest BCUT2D eigenvalue weighted by Crippen LogP contribution is -2.48. The molecule has 3 rings (SSSR count). The molecule has 0 radical (unpaired) electrons. The molecule has 1 aromatic rings. The molecular formula is C16H26ClN3O4S. The van der Waals surface area contributed by atoms with E-state index in [2.05, 4.69) is 5.32 Å². The van der Waals surface area contributed by atoms with Crippen LogP contribution in [0.15, 0.2) is 15.6 Å². The molecule has 0 spiro atoms. The molecule has 142 valence electrons. The number of carbonyl (C=O) groups is 1. The van der Waals surface area contributed by atoms with Gasteiger partial charge in [-0.05, 0) is 32.6 Å². The van der Waals surface area contributed by atoms with Crippen LogP contribution in [-0.2, 0) is 10.0 Å². The normalized spacial score (nSPS) is 25.7. The Morgan fingerprint density at radius 2 is 1.76 bits per heavy atom. The maximum absolute atomic E-state index is 12.8. The lowest BCUT2D eigenvalue weighted by Gasteiger charge is -2.35. The lowest BCUT2D eigenvalue weighted by molar-refractivity contribution is 0.0680. The molecule has 3 heterocycles. The minimum absolute atomic E-state index is 0. The van der Waals surface area contributed by atoms with Crippen molar-refractivity contribution in [2.45, 2.75) is 55.8 Å². The van der Waals surface area contributed by atoms with Crippen LogP contribution in [-0.4, -0.2) is 62.8 Å². The predicted molar refractivity (Wildman–Crippen MR) is 96.6 cm³/mol. The summed E-state index contributed by atoms with van der Waals surface area (Å²) in [6, 6.07) is 2.50. The summed E-state index contributed by atoms with van der Waals surface area (Å²) >= 11 is 0. The Labute approximate surface area is 155 Å². The molecule has 0 aliphatic carbocycles. The molecule has 2 aliphatic heterocycles. The van der Waals surface area contributed by atoms with Gasteiger partial charge in [-0.1, -0.05) is 0 Å². The van der Waals surface area contributed by atoms with Gasteiger partial charge in [-0.3, -0.25) is 4.79 Å². The van der Waals surface area contributed by atoms with Crippen LogP contribution in [0.5, 0.6) is 0 Å². The summed E-state index contributed by atoms with van der Waals surface area (Å²) in [4.78, 5) is 14.6. The molecule has 7 nitrogen and oxygen atoms in total. The van der Waals surface area contributed by atoms with Gasteiger partial charge in [0.25, 0.3) is 15.9 Å². The van der Waals surface area contributed by atoms with E-state index in [9.17, 15) is 13.2 Å². The van der Waals surface area contributed by atoms with Crippen molar-refractivity contribution in [3.8, 4) is 0 Å². The fourth-order valence-corrected chi connectivity index (χ4v) is 4.53. The molecule has 2 aliphatic rings. The fourth-order valence-electron chi connectivity index (χ4n) is 3.67. The van der Waals surface area contributed by atoms with Crippen molar-refractivity contribution in [1.29, 1.82) is 0 Å². The summed E-state index contributed by atoms with van der Waals surface area (Å²) in [5.74, 6) is 0.159. The molecule has 9 heteroatoms. The van der Waals surface area contributed by atoms with Crippen LogP contribution in [0.2, 0.25) is 0 Å². The number of sulfonamides is 1. The summed E-state index contributed by atoms with van der Waals surface area (Å²) in [6.45, 7) is 1.63. The van der Waals surface area contributed by atoms with Crippen LogP contribution in [0.4, 0.5) is 0 Å². The van der Waals surface area contributed by atoms with Gasteiger partial charge in [-0.25, -0.2) is 12.7 Å². The SMILES string of the molecule is Cc1oc(S(=O)(=O)N(C)C)cc1C(=O)N(C)C1CC2CCC(C1)N2.Cl. The Kier molecular flexibility index (Phi) is 5.88. The van der Waals surface area contributed by atoms with E-state index in [1.165, 1.54) is 33.0 Å². The predicted octanol–water partition coefficient (Wildman–Crippen LogP) is 1.62. The van der Waals surface area contributed by atoms with Crippen molar-refractivity contribution in [1.82, 2.24) is 14.5 Å². The highest BCUT2D eigenvalue weighted by Gasteiger charge is 2.37. The number of hydrogen-bond donors (Lipinski definition) is 1. The molecule has 1 N–H and O–H groups in total. The minimum Gasteiger partial charge on any atom is -0.448 e. The Hall–Kier alpha value is -1.09. The van der Waals surface area contributed by atoms with E-state index >= 15 is 0 Å². The highest BCUT2D eigenvalue weighted by molar-refractivity contribution is 7.88. The highest BCUT2D eigenvalue weighted by atomic mass is 35.5. The minimum atomic E-state index is -3.68. The topological polar surface area (TPSA) is 82.9 Å². The zero-order chi connectivity index (χ0) is 17.6. The average molecular weight is 392 g/mol. The Morgan fingerprint density at radius 1 is 1.20 bits per heavy atom. The number of nitrogens with zero attached hydrogens (tertiary/aromatic N) is 2. The van der Waals surface area contributed by atoms with Gasteiger partial charge in [0.2, 0.25) is 5.09 Å². The second-order valence-corrected chi connectivity index (χ2v) is 9.08. The van der Waals surface area contributed by atoms with E-state index in [1.54, 1.807) is 18.9 Å². The van der Waals surface area contributed by atoms with Gasteiger partial charge in [0.05, 0.1) is 5.56 Å². The van der Waals surface area contributed by atoms with Crippen LogP contribution in [0.25, 0.3) is 0 Å². The summed E-state index contributed by atoms with van der Waals surface area (Å²) < 4.78 is 30.8. The molecule has 2 fully saturated rings. The molecule has 2 saturated heterocycles. The van der Waals surface area contributed by atoms with Crippen molar-refractivity contribution in [2.75, 3.05) is 21.1 Å². The summed E-state index contributed by atoms with van der Waals surface area (Å²) in [5, 5.41) is 3.37. The number of carbonyl (C=O) groups excluding carboxylic acids is 1. The van der Waals surface area contributed by atoms with E-state index in [0.717, 1.165) is 17.1 Å². The molecule has 25 heavy (non-hydrogen) atoms. The van der Waals surface area contributed by atoms with Crippen molar-refractivity contribution < 1.29 is 17.6 Å². The number of aryl methyl sites for hydroxylation is 1. The van der Waals surface area contributed by atoms with Gasteiger partial charge >= 0.3 is 0 Å². The third-order valence-electron chi connectivity index (χ3n) is 5.18. The number of piperidine rings is 1. The van der Waals surface area contributed by atoms with Crippen LogP contribution >= 0.6 is 12.4 Å². The first-order valence-corrected chi connectivity index (χ1v) is 9.70. The lowest BCUT2D eigenvalue weighted by atomic mass is 9.98.